The lowest BCUT2D eigenvalue weighted by Gasteiger charge is -2.16. The maximum absolute atomic E-state index is 5.77. The predicted octanol–water partition coefficient (Wildman–Crippen LogP) is 4.14. The molecule has 0 spiro atoms. The van der Waals surface area contributed by atoms with Gasteiger partial charge >= 0.3 is 0 Å². The summed E-state index contributed by atoms with van der Waals surface area (Å²) in [7, 11) is -0.948. The van der Waals surface area contributed by atoms with Crippen molar-refractivity contribution in [3.8, 4) is 0 Å². The summed E-state index contributed by atoms with van der Waals surface area (Å²) in [4.78, 5) is 0. The van der Waals surface area contributed by atoms with E-state index in [2.05, 4.69) is 49.5 Å². The summed E-state index contributed by atoms with van der Waals surface area (Å²) >= 11 is 0. The fraction of sp³-hybridized carbons (Fsp3) is 0.714. The molecule has 0 unspecified atom stereocenters. The average Bonchev–Trinajstić information content (AvgIpc) is 2.67. The Kier molecular flexibility index (Phi) is 5.99. The van der Waals surface area contributed by atoms with Crippen LogP contribution in [-0.2, 0) is 17.9 Å². The van der Waals surface area contributed by atoms with Crippen LogP contribution in [0.4, 0.5) is 0 Å². The molecule has 2 nitrogen and oxygen atoms in total. The first-order valence-electron chi connectivity index (χ1n) is 6.74. The Labute approximate surface area is 107 Å². The third-order valence-electron chi connectivity index (χ3n) is 2.94. The molecule has 0 N–H and O–H groups in total. The monoisotopic (exact) mass is 253 g/mol. The second-order valence-electron chi connectivity index (χ2n) is 5.92. The van der Waals surface area contributed by atoms with Crippen molar-refractivity contribution in [1.29, 1.82) is 0 Å². The van der Waals surface area contributed by atoms with Crippen LogP contribution < -0.4 is 0 Å². The van der Waals surface area contributed by atoms with Crippen molar-refractivity contribution in [2.45, 2.75) is 58.6 Å². The average molecular weight is 253 g/mol. The molecule has 0 saturated carbocycles. The molecule has 1 aromatic heterocycles. The molecule has 0 aromatic carbocycles. The van der Waals surface area contributed by atoms with Crippen LogP contribution in [0.3, 0.4) is 0 Å². The van der Waals surface area contributed by atoms with E-state index in [1.165, 1.54) is 31.0 Å². The van der Waals surface area contributed by atoms with E-state index in [-0.39, 0.29) is 0 Å². The highest BCUT2D eigenvalue weighted by Gasteiger charge is 2.12. The van der Waals surface area contributed by atoms with Gasteiger partial charge in [0.15, 0.2) is 0 Å². The highest BCUT2D eigenvalue weighted by molar-refractivity contribution is 6.76. The maximum atomic E-state index is 5.77. The molecular formula is C14H27NOSi. The van der Waals surface area contributed by atoms with E-state index in [0.29, 0.717) is 0 Å². The smallest absolute Gasteiger partial charge is 0.122 e. The van der Waals surface area contributed by atoms with Gasteiger partial charge in [-0.1, -0.05) is 33.0 Å². The SMILES string of the molecule is CCCCc1cccn1COCC[Si](C)(C)C. The third-order valence-corrected chi connectivity index (χ3v) is 4.64. The number of hydrogen-bond acceptors (Lipinski definition) is 1. The van der Waals surface area contributed by atoms with Gasteiger partial charge in [0.25, 0.3) is 0 Å². The first-order chi connectivity index (χ1) is 8.03. The van der Waals surface area contributed by atoms with Gasteiger partial charge in [0.05, 0.1) is 0 Å². The van der Waals surface area contributed by atoms with Crippen molar-refractivity contribution in [3.05, 3.63) is 24.0 Å². The Bertz CT molecular complexity index is 314. The molecule has 0 amide bonds. The van der Waals surface area contributed by atoms with Gasteiger partial charge in [-0.25, -0.2) is 0 Å². The minimum absolute atomic E-state index is 0.719. The van der Waals surface area contributed by atoms with Crippen LogP contribution in [0.15, 0.2) is 18.3 Å². The highest BCUT2D eigenvalue weighted by atomic mass is 28.3. The number of nitrogens with zero attached hydrogens (tertiary/aromatic N) is 1. The Morgan fingerprint density at radius 2 is 2.06 bits per heavy atom. The standard InChI is InChI=1S/C14H27NOSi/c1-5-6-8-14-9-7-10-15(14)13-16-11-12-17(2,3)4/h7,9-10H,5-6,8,11-13H2,1-4H3. The molecule has 0 bridgehead atoms. The summed E-state index contributed by atoms with van der Waals surface area (Å²) in [5, 5.41) is 0. The first kappa shape index (κ1) is 14.5. The molecule has 98 valence electrons. The molecular weight excluding hydrogens is 226 g/mol. The Morgan fingerprint density at radius 1 is 1.29 bits per heavy atom. The molecule has 1 aromatic rings. The van der Waals surface area contributed by atoms with Crippen molar-refractivity contribution in [2.75, 3.05) is 6.61 Å². The third kappa shape index (κ3) is 6.08. The van der Waals surface area contributed by atoms with Crippen molar-refractivity contribution in [1.82, 2.24) is 4.57 Å². The number of ether oxygens (including phenoxy) is 1. The molecule has 0 aliphatic heterocycles. The molecule has 1 heterocycles. The number of hydrogen-bond donors (Lipinski definition) is 0. The van der Waals surface area contributed by atoms with Crippen LogP contribution in [0.5, 0.6) is 0 Å². The van der Waals surface area contributed by atoms with Gasteiger partial charge in [-0.05, 0) is 31.0 Å². The summed E-state index contributed by atoms with van der Waals surface area (Å²) in [6, 6.07) is 5.57. The largest absolute Gasteiger partial charge is 0.361 e. The van der Waals surface area contributed by atoms with Crippen molar-refractivity contribution in [3.63, 3.8) is 0 Å². The summed E-state index contributed by atoms with van der Waals surface area (Å²) in [6.07, 6.45) is 5.81. The van der Waals surface area contributed by atoms with Crippen LogP contribution in [0.25, 0.3) is 0 Å². The lowest BCUT2D eigenvalue weighted by atomic mass is 10.2. The van der Waals surface area contributed by atoms with Crippen LogP contribution in [-0.4, -0.2) is 19.2 Å². The molecule has 0 radical (unpaired) electrons. The molecule has 0 fully saturated rings. The number of aryl methyl sites for hydroxylation is 1. The normalized spacial score (nSPS) is 12.0. The van der Waals surface area contributed by atoms with Crippen molar-refractivity contribution in [2.24, 2.45) is 0 Å². The molecule has 1 rings (SSSR count). The van der Waals surface area contributed by atoms with E-state index in [1.54, 1.807) is 0 Å². The van der Waals surface area contributed by atoms with Crippen LogP contribution in [0.1, 0.15) is 25.5 Å². The topological polar surface area (TPSA) is 14.2 Å². The Morgan fingerprint density at radius 3 is 2.71 bits per heavy atom. The number of aromatic nitrogens is 1. The molecule has 3 heteroatoms. The lowest BCUT2D eigenvalue weighted by molar-refractivity contribution is 0.0856. The first-order valence-corrected chi connectivity index (χ1v) is 10.5. The van der Waals surface area contributed by atoms with Gasteiger partial charge in [-0.3, -0.25) is 0 Å². The molecule has 0 aliphatic rings. The maximum Gasteiger partial charge on any atom is 0.122 e. The van der Waals surface area contributed by atoms with Gasteiger partial charge in [0.1, 0.15) is 6.73 Å². The zero-order valence-electron chi connectivity index (χ0n) is 11.8. The van der Waals surface area contributed by atoms with Crippen LogP contribution in [0.2, 0.25) is 25.7 Å². The quantitative estimate of drug-likeness (QED) is 0.501. The fourth-order valence-electron chi connectivity index (χ4n) is 1.70. The van der Waals surface area contributed by atoms with Gasteiger partial charge in [-0.15, -0.1) is 0 Å². The second kappa shape index (κ2) is 7.02. The van der Waals surface area contributed by atoms with Crippen molar-refractivity contribution >= 4 is 8.07 Å². The second-order valence-corrected chi connectivity index (χ2v) is 11.5. The van der Waals surface area contributed by atoms with E-state index >= 15 is 0 Å². The zero-order chi connectivity index (χ0) is 12.7. The molecule has 17 heavy (non-hydrogen) atoms. The Balaban J connectivity index is 2.29. The van der Waals surface area contributed by atoms with E-state index < -0.39 is 8.07 Å². The summed E-state index contributed by atoms with van der Waals surface area (Å²) in [5.41, 5.74) is 1.40. The van der Waals surface area contributed by atoms with Crippen LogP contribution in [0, 0.1) is 0 Å². The van der Waals surface area contributed by atoms with E-state index in [9.17, 15) is 0 Å². The lowest BCUT2D eigenvalue weighted by Crippen LogP contribution is -2.22. The number of rotatable bonds is 8. The number of unbranched alkanes of at least 4 members (excludes halogenated alkanes) is 1. The highest BCUT2D eigenvalue weighted by Crippen LogP contribution is 2.10. The van der Waals surface area contributed by atoms with Gasteiger partial charge < -0.3 is 9.30 Å². The van der Waals surface area contributed by atoms with E-state index in [1.807, 2.05) is 0 Å². The van der Waals surface area contributed by atoms with E-state index in [4.69, 9.17) is 4.74 Å². The molecule has 0 atom stereocenters. The minimum Gasteiger partial charge on any atom is -0.361 e. The van der Waals surface area contributed by atoms with Crippen molar-refractivity contribution < 1.29 is 4.74 Å². The predicted molar refractivity (Wildman–Crippen MR) is 77.1 cm³/mol. The fourth-order valence-corrected chi connectivity index (χ4v) is 2.46. The summed E-state index contributed by atoms with van der Waals surface area (Å²) in [5.74, 6) is 0. The van der Waals surface area contributed by atoms with Gasteiger partial charge in [0, 0.05) is 26.6 Å². The van der Waals surface area contributed by atoms with Gasteiger partial charge in [-0.2, -0.15) is 0 Å². The Hall–Kier alpha value is -0.543. The van der Waals surface area contributed by atoms with Gasteiger partial charge in [0.2, 0.25) is 0 Å². The van der Waals surface area contributed by atoms with E-state index in [0.717, 1.165) is 13.3 Å². The molecule has 0 aliphatic carbocycles. The van der Waals surface area contributed by atoms with Crippen LogP contribution >= 0.6 is 0 Å². The molecule has 0 saturated heterocycles. The minimum atomic E-state index is -0.948. The summed E-state index contributed by atoms with van der Waals surface area (Å²) in [6.45, 7) is 11.0. The summed E-state index contributed by atoms with van der Waals surface area (Å²) < 4.78 is 8.01. The zero-order valence-corrected chi connectivity index (χ0v) is 12.8.